The molecule has 222 valence electrons. The van der Waals surface area contributed by atoms with Crippen molar-refractivity contribution in [2.24, 2.45) is 0 Å². The molecule has 1 aliphatic heterocycles. The van der Waals surface area contributed by atoms with Gasteiger partial charge in [0.25, 0.3) is 0 Å². The minimum Gasteiger partial charge on any atom is -0.643 e. The summed E-state index contributed by atoms with van der Waals surface area (Å²) in [5.74, 6) is 0. The summed E-state index contributed by atoms with van der Waals surface area (Å²) in [6.07, 6.45) is 5.02. The Bertz CT molecular complexity index is 938. The van der Waals surface area contributed by atoms with Gasteiger partial charge in [0, 0.05) is 11.9 Å². The van der Waals surface area contributed by atoms with E-state index in [9.17, 15) is 14.0 Å². The van der Waals surface area contributed by atoms with E-state index in [1.807, 2.05) is 33.2 Å². The van der Waals surface area contributed by atoms with Crippen molar-refractivity contribution in [2.75, 3.05) is 27.7 Å². The number of rotatable bonds is 8. The number of benzene rings is 1. The molecule has 1 aromatic heterocycles. The summed E-state index contributed by atoms with van der Waals surface area (Å²) in [7, 11) is 4.91. The summed E-state index contributed by atoms with van der Waals surface area (Å²) in [5, 5.41) is 14.6. The molecule has 2 heterocycles. The monoisotopic (exact) mass is 622 g/mol. The first-order valence-corrected chi connectivity index (χ1v) is 14.7. The fraction of sp³-hybridized carbons (Fsp3) is 0.621. The fourth-order valence-electron chi connectivity index (χ4n) is 3.50. The van der Waals surface area contributed by atoms with Crippen molar-refractivity contribution in [2.45, 2.75) is 89.5 Å². The molecule has 1 aromatic carbocycles. The van der Waals surface area contributed by atoms with Crippen LogP contribution >= 0.6 is 24.0 Å². The maximum absolute atomic E-state index is 11.9. The number of aromatic nitrogens is 1. The average molecular weight is 623 g/mol. The molecule has 4 rings (SSSR count). The zero-order valence-corrected chi connectivity index (χ0v) is 30.6. The molecule has 2 fully saturated rings. The van der Waals surface area contributed by atoms with Crippen LogP contribution in [0.1, 0.15) is 64.6 Å². The molecule has 0 spiro atoms. The van der Waals surface area contributed by atoms with Gasteiger partial charge < -0.3 is 25.4 Å². The van der Waals surface area contributed by atoms with E-state index < -0.39 is 5.67 Å². The third kappa shape index (κ3) is 16.0. The molecule has 0 radical (unpaired) electrons. The predicted molar refractivity (Wildman–Crippen MR) is 166 cm³/mol. The van der Waals surface area contributed by atoms with Crippen molar-refractivity contribution in [3.8, 4) is 10.4 Å². The van der Waals surface area contributed by atoms with E-state index in [-0.39, 0.29) is 62.2 Å². The van der Waals surface area contributed by atoms with Crippen LogP contribution in [0.25, 0.3) is 15.8 Å². The number of thiazole rings is 1. The van der Waals surface area contributed by atoms with Gasteiger partial charge in [0.1, 0.15) is 6.29 Å². The number of likely N-dealkylation sites (N-methyl/N-ethyl adjacent to an activating group) is 1. The van der Waals surface area contributed by atoms with E-state index in [4.69, 9.17) is 10.4 Å². The second-order valence-corrected chi connectivity index (χ2v) is 11.6. The molecule has 1 saturated heterocycles. The Balaban J connectivity index is 0. The van der Waals surface area contributed by atoms with Crippen LogP contribution in [0, 0.1) is 6.92 Å². The van der Waals surface area contributed by atoms with Gasteiger partial charge in [0.05, 0.1) is 22.1 Å². The number of aliphatic hydroxyl groups is 1. The van der Waals surface area contributed by atoms with Crippen LogP contribution in [0.3, 0.4) is 0 Å². The van der Waals surface area contributed by atoms with Gasteiger partial charge in [-0.1, -0.05) is 56.3 Å². The number of likely N-dealkylation sites (tertiary alicyclic amines) is 1. The number of hydrogen-bond donors (Lipinski definition) is 3. The second-order valence-electron chi connectivity index (χ2n) is 9.62. The summed E-state index contributed by atoms with van der Waals surface area (Å²) in [4.78, 5) is 27.7. The third-order valence-electron chi connectivity index (χ3n) is 6.08. The van der Waals surface area contributed by atoms with Gasteiger partial charge in [0.15, 0.2) is 12.0 Å². The molecule has 2 atom stereocenters. The molecule has 40 heavy (non-hydrogen) atoms. The number of aldehydes is 2. The van der Waals surface area contributed by atoms with Gasteiger partial charge >= 0.3 is 51.4 Å². The van der Waals surface area contributed by atoms with E-state index in [1.165, 1.54) is 35.4 Å². The predicted octanol–water partition coefficient (Wildman–Crippen LogP) is 2.85. The number of thiol groups is 1. The molecule has 2 aromatic rings. The van der Waals surface area contributed by atoms with Gasteiger partial charge in [-0.15, -0.1) is 17.9 Å². The van der Waals surface area contributed by atoms with E-state index >= 15 is 0 Å². The fourth-order valence-corrected chi connectivity index (χ4v) is 4.50. The Labute approximate surface area is 293 Å². The van der Waals surface area contributed by atoms with Gasteiger partial charge in [-0.2, -0.15) is 12.6 Å². The molecule has 11 heteroatoms. The van der Waals surface area contributed by atoms with Crippen LogP contribution in [0.15, 0.2) is 29.8 Å². The van der Waals surface area contributed by atoms with Crippen LogP contribution < -0.4 is 56.7 Å². The van der Waals surface area contributed by atoms with Crippen molar-refractivity contribution in [3.63, 3.8) is 0 Å². The second kappa shape index (κ2) is 22.5. The normalized spacial score (nSPS) is 17.4. The molecular formula is C29H48FKN4O3S2. The number of nitrogens with zero attached hydrogens (tertiary/aromatic N) is 3. The van der Waals surface area contributed by atoms with Crippen molar-refractivity contribution < 1.29 is 70.5 Å². The van der Waals surface area contributed by atoms with Crippen LogP contribution in [0.4, 0.5) is 4.39 Å². The van der Waals surface area contributed by atoms with Crippen LogP contribution in [-0.4, -0.2) is 77.9 Å². The molecule has 2 N–H and O–H groups in total. The minimum atomic E-state index is -1.39. The molecular weight excluding hydrogens is 575 g/mol. The zero-order valence-electron chi connectivity index (χ0n) is 25.8. The maximum Gasteiger partial charge on any atom is 1.00 e. The van der Waals surface area contributed by atoms with E-state index in [1.54, 1.807) is 18.4 Å². The van der Waals surface area contributed by atoms with E-state index in [0.29, 0.717) is 25.3 Å². The molecule has 1 aliphatic carbocycles. The smallest absolute Gasteiger partial charge is 0.643 e. The van der Waals surface area contributed by atoms with Crippen molar-refractivity contribution in [1.29, 1.82) is 0 Å². The summed E-state index contributed by atoms with van der Waals surface area (Å²) >= 11 is 5.92. The number of carbonyl (C=O) groups excluding carboxylic acids is 2. The minimum absolute atomic E-state index is 0. The number of hydrogen-bond acceptors (Lipinski definition) is 8. The summed E-state index contributed by atoms with van der Waals surface area (Å²) in [5.41, 5.74) is 4.17. The molecule has 2 aliphatic rings. The molecule has 7 nitrogen and oxygen atoms in total. The Kier molecular flexibility index (Phi) is 23.6. The molecule has 1 saturated carbocycles. The van der Waals surface area contributed by atoms with Crippen LogP contribution in [-0.2, 0) is 16.1 Å². The van der Waals surface area contributed by atoms with Gasteiger partial charge in [0.2, 0.25) is 0 Å². The van der Waals surface area contributed by atoms with Crippen molar-refractivity contribution >= 4 is 36.5 Å². The Morgan fingerprint density at radius 3 is 2.15 bits per heavy atom. The van der Waals surface area contributed by atoms with Gasteiger partial charge in [-0.3, -0.25) is 4.79 Å². The van der Waals surface area contributed by atoms with E-state index in [0.717, 1.165) is 25.6 Å². The Morgan fingerprint density at radius 2 is 1.85 bits per heavy atom. The summed E-state index contributed by atoms with van der Waals surface area (Å²) < 4.78 is 11.6. The topological polar surface area (TPSA) is 96.6 Å². The molecule has 2 unspecified atom stereocenters. The first-order valence-electron chi connectivity index (χ1n) is 13.3. The van der Waals surface area contributed by atoms with Crippen LogP contribution in [0.2, 0.25) is 0 Å². The largest absolute Gasteiger partial charge is 1.00 e. The molecule has 0 amide bonds. The standard InChI is InChI=1S/C16H20N3S.C6H13NOS.C4H5FO.C2H6.CH4O.K/c1-12-16(20-11-18-12)14-7-5-13(6-8-14)10-17-15-4-3-9-19(15)2;1-6(2,9)5(4-8)7-3;5-4(3-6)1-2-4;2*1-2;/h5-8,11,15H,3-4,9-10H2,1-2H3;4-5,7,9H,1-3H3;3H,1-2H2;1-2H3;2H,1H3;/q-1;;;;;+1. The summed E-state index contributed by atoms with van der Waals surface area (Å²) in [6.45, 7) is 11.8. The number of nitrogens with one attached hydrogen (secondary N) is 1. The van der Waals surface area contributed by atoms with Gasteiger partial charge in [-0.25, -0.2) is 9.37 Å². The Hall–Kier alpha value is -0.0536. The Morgan fingerprint density at radius 1 is 1.27 bits per heavy atom. The van der Waals surface area contributed by atoms with Crippen molar-refractivity contribution in [1.82, 2.24) is 15.2 Å². The maximum atomic E-state index is 11.9. The number of halogens is 1. The number of alkyl halides is 1. The van der Waals surface area contributed by atoms with Crippen LogP contribution in [0.5, 0.6) is 0 Å². The summed E-state index contributed by atoms with van der Waals surface area (Å²) in [6, 6.07) is 8.58. The number of aliphatic hydroxyl groups excluding tert-OH is 1. The average Bonchev–Trinajstić information content (AvgIpc) is 3.31. The molecule has 0 bridgehead atoms. The SMILES string of the molecule is CC.CNC(C=O)C(C)(C)S.CO.Cc1ncsc1-c1ccc(C[N-]C2CCCN2C)cc1.O=CC1(F)CC1.[K+]. The van der Waals surface area contributed by atoms with E-state index in [2.05, 4.69) is 66.1 Å². The first kappa shape index (κ1) is 42.1. The first-order chi connectivity index (χ1) is 18.5. The number of carbonyl (C=O) groups is 2. The number of aryl methyl sites for hydroxylation is 1. The van der Waals surface area contributed by atoms with Crippen molar-refractivity contribution in [3.05, 3.63) is 46.4 Å². The zero-order chi connectivity index (χ0) is 30.1. The third-order valence-corrected chi connectivity index (χ3v) is 7.33. The quantitative estimate of drug-likeness (QED) is 0.238. The van der Waals surface area contributed by atoms with Gasteiger partial charge in [-0.05, 0) is 66.2 Å².